The highest BCUT2D eigenvalue weighted by Crippen LogP contribution is 2.38. The van der Waals surface area contributed by atoms with Gasteiger partial charge in [-0.05, 0) is 36.1 Å². The number of fused-ring (bicyclic) bond motifs is 1. The van der Waals surface area contributed by atoms with Crippen LogP contribution in [0.2, 0.25) is 0 Å². The first kappa shape index (κ1) is 21.2. The molecule has 0 saturated carbocycles. The molecule has 2 N–H and O–H groups in total. The summed E-state index contributed by atoms with van der Waals surface area (Å²) in [5.41, 5.74) is 0.839. The maximum atomic E-state index is 12.9. The Morgan fingerprint density at radius 2 is 1.71 bits per heavy atom. The lowest BCUT2D eigenvalue weighted by Gasteiger charge is -2.26. The van der Waals surface area contributed by atoms with E-state index in [0.717, 1.165) is 11.3 Å². The number of hydrogen-bond acceptors (Lipinski definition) is 6. The molecular formula is C22H21N3O4S2. The molecule has 0 fully saturated rings. The van der Waals surface area contributed by atoms with Crippen LogP contribution in [0, 0.1) is 5.41 Å². The Morgan fingerprint density at radius 1 is 1.03 bits per heavy atom. The van der Waals surface area contributed by atoms with Gasteiger partial charge in [-0.3, -0.25) is 19.6 Å². The normalized spacial score (nSPS) is 15.2. The van der Waals surface area contributed by atoms with E-state index in [9.17, 15) is 18.0 Å². The van der Waals surface area contributed by atoms with Gasteiger partial charge < -0.3 is 0 Å². The fraction of sp³-hybridized carbons (Fsp3) is 0.227. The molecule has 1 aliphatic carbocycles. The van der Waals surface area contributed by atoms with Gasteiger partial charge in [-0.1, -0.05) is 55.5 Å². The number of nitrogens with zero attached hydrogens (tertiary/aromatic N) is 1. The molecule has 3 aromatic rings. The third-order valence-electron chi connectivity index (χ3n) is 4.93. The second-order valence-corrected chi connectivity index (χ2v) is 10.8. The summed E-state index contributed by atoms with van der Waals surface area (Å²) in [4.78, 5) is 30.4. The van der Waals surface area contributed by atoms with Crippen molar-refractivity contribution in [3.63, 3.8) is 0 Å². The van der Waals surface area contributed by atoms with Gasteiger partial charge in [0, 0.05) is 6.42 Å². The molecule has 9 heteroatoms. The number of para-hydroxylation sites is 1. The second kappa shape index (κ2) is 7.90. The van der Waals surface area contributed by atoms with Crippen LogP contribution in [-0.2, 0) is 16.4 Å². The summed E-state index contributed by atoms with van der Waals surface area (Å²) >= 11 is 1.15. The molecule has 1 aliphatic rings. The fourth-order valence-electron chi connectivity index (χ4n) is 3.51. The van der Waals surface area contributed by atoms with Gasteiger partial charge >= 0.3 is 0 Å². The van der Waals surface area contributed by atoms with Crippen molar-refractivity contribution in [3.8, 4) is 0 Å². The van der Waals surface area contributed by atoms with E-state index < -0.39 is 15.9 Å². The van der Waals surface area contributed by atoms with E-state index in [2.05, 4.69) is 15.0 Å². The van der Waals surface area contributed by atoms with Crippen molar-refractivity contribution in [2.75, 3.05) is 10.0 Å². The largest absolute Gasteiger partial charge is 0.298 e. The van der Waals surface area contributed by atoms with Crippen molar-refractivity contribution in [2.45, 2.75) is 31.6 Å². The maximum absolute atomic E-state index is 12.9. The molecule has 0 aliphatic heterocycles. The minimum absolute atomic E-state index is 0.0280. The van der Waals surface area contributed by atoms with Crippen molar-refractivity contribution in [1.29, 1.82) is 0 Å². The van der Waals surface area contributed by atoms with Crippen molar-refractivity contribution >= 4 is 43.9 Å². The zero-order valence-electron chi connectivity index (χ0n) is 17.0. The molecule has 0 radical (unpaired) electrons. The van der Waals surface area contributed by atoms with E-state index >= 15 is 0 Å². The lowest BCUT2D eigenvalue weighted by Crippen LogP contribution is -2.26. The van der Waals surface area contributed by atoms with Crippen LogP contribution in [0.3, 0.4) is 0 Å². The monoisotopic (exact) mass is 455 g/mol. The SMILES string of the molecule is CC1(C)CC(=O)c2sc(NC(=O)c3ccccc3NS(=O)(=O)c3ccccc3)nc2C1. The molecule has 1 aromatic heterocycles. The highest BCUT2D eigenvalue weighted by Gasteiger charge is 2.34. The van der Waals surface area contributed by atoms with Gasteiger partial charge in [0.2, 0.25) is 0 Å². The predicted octanol–water partition coefficient (Wildman–Crippen LogP) is 4.35. The van der Waals surface area contributed by atoms with Crippen molar-refractivity contribution in [2.24, 2.45) is 5.41 Å². The minimum atomic E-state index is -3.85. The van der Waals surface area contributed by atoms with Crippen LogP contribution in [0.4, 0.5) is 10.8 Å². The van der Waals surface area contributed by atoms with Gasteiger partial charge in [0.15, 0.2) is 10.9 Å². The number of hydrogen-bond donors (Lipinski definition) is 2. The van der Waals surface area contributed by atoms with Gasteiger partial charge in [0.1, 0.15) is 0 Å². The number of nitrogens with one attached hydrogen (secondary N) is 2. The molecule has 0 spiro atoms. The number of anilines is 2. The first-order chi connectivity index (χ1) is 14.6. The third-order valence-corrected chi connectivity index (χ3v) is 7.36. The third kappa shape index (κ3) is 4.52. The molecule has 4 rings (SSSR count). The number of carbonyl (C=O) groups excluding carboxylic acids is 2. The Labute approximate surface area is 184 Å². The first-order valence-electron chi connectivity index (χ1n) is 9.66. The van der Waals surface area contributed by atoms with E-state index in [-0.39, 0.29) is 27.3 Å². The lowest BCUT2D eigenvalue weighted by atomic mass is 9.78. The Hall–Kier alpha value is -3.04. The molecule has 0 unspecified atom stereocenters. The van der Waals surface area contributed by atoms with E-state index in [1.165, 1.54) is 24.3 Å². The quantitative estimate of drug-likeness (QED) is 0.595. The number of ketones is 1. The van der Waals surface area contributed by atoms with Crippen LogP contribution < -0.4 is 10.0 Å². The summed E-state index contributed by atoms with van der Waals surface area (Å²) in [6.45, 7) is 4.03. The summed E-state index contributed by atoms with van der Waals surface area (Å²) in [6.07, 6.45) is 1.10. The molecule has 0 atom stereocenters. The highest BCUT2D eigenvalue weighted by molar-refractivity contribution is 7.92. The molecule has 1 heterocycles. The van der Waals surface area contributed by atoms with Crippen LogP contribution in [-0.4, -0.2) is 25.1 Å². The summed E-state index contributed by atoms with van der Waals surface area (Å²) in [6, 6.07) is 14.3. The Kier molecular flexibility index (Phi) is 5.40. The average Bonchev–Trinajstić information content (AvgIpc) is 3.10. The number of amides is 1. The van der Waals surface area contributed by atoms with Gasteiger partial charge in [-0.2, -0.15) is 0 Å². The zero-order chi connectivity index (χ0) is 22.2. The number of rotatable bonds is 5. The highest BCUT2D eigenvalue weighted by atomic mass is 32.2. The number of Topliss-reactive ketones (excluding diaryl/α,β-unsaturated/α-hetero) is 1. The van der Waals surface area contributed by atoms with Crippen LogP contribution in [0.15, 0.2) is 59.5 Å². The second-order valence-electron chi connectivity index (χ2n) is 8.15. The van der Waals surface area contributed by atoms with Crippen LogP contribution in [0.25, 0.3) is 0 Å². The number of thiazole rings is 1. The lowest BCUT2D eigenvalue weighted by molar-refractivity contribution is 0.0915. The van der Waals surface area contributed by atoms with Gasteiger partial charge in [0.25, 0.3) is 15.9 Å². The molecule has 31 heavy (non-hydrogen) atoms. The van der Waals surface area contributed by atoms with E-state index in [1.54, 1.807) is 30.3 Å². The Morgan fingerprint density at radius 3 is 2.45 bits per heavy atom. The molecule has 0 bridgehead atoms. The summed E-state index contributed by atoms with van der Waals surface area (Å²) < 4.78 is 27.8. The summed E-state index contributed by atoms with van der Waals surface area (Å²) in [5.74, 6) is -0.482. The van der Waals surface area contributed by atoms with Gasteiger partial charge in [0.05, 0.1) is 26.7 Å². The molecule has 7 nitrogen and oxygen atoms in total. The average molecular weight is 456 g/mol. The predicted molar refractivity (Wildman–Crippen MR) is 120 cm³/mol. The molecular weight excluding hydrogens is 434 g/mol. The van der Waals surface area contributed by atoms with Crippen molar-refractivity contribution in [3.05, 3.63) is 70.7 Å². The van der Waals surface area contributed by atoms with Crippen LogP contribution in [0.5, 0.6) is 0 Å². The Balaban J connectivity index is 1.58. The number of sulfonamides is 1. The number of benzene rings is 2. The topological polar surface area (TPSA) is 105 Å². The molecule has 2 aromatic carbocycles. The molecule has 1 amide bonds. The smallest absolute Gasteiger partial charge is 0.261 e. The van der Waals surface area contributed by atoms with Gasteiger partial charge in [-0.15, -0.1) is 0 Å². The minimum Gasteiger partial charge on any atom is -0.298 e. The molecule has 0 saturated heterocycles. The number of carbonyl (C=O) groups is 2. The van der Waals surface area contributed by atoms with Crippen LogP contribution in [0.1, 0.15) is 46.0 Å². The first-order valence-corrected chi connectivity index (χ1v) is 12.0. The van der Waals surface area contributed by atoms with Crippen molar-refractivity contribution < 1.29 is 18.0 Å². The van der Waals surface area contributed by atoms with Crippen molar-refractivity contribution in [1.82, 2.24) is 4.98 Å². The maximum Gasteiger partial charge on any atom is 0.261 e. The standard InChI is InChI=1S/C22H21N3O4S2/c1-22(2)12-17-19(18(26)13-22)30-21(23-17)24-20(27)15-10-6-7-11-16(15)25-31(28,29)14-8-4-3-5-9-14/h3-11,25H,12-13H2,1-2H3,(H,23,24,27). The Bertz CT molecular complexity index is 1260. The fourth-order valence-corrected chi connectivity index (χ4v) is 5.53. The van der Waals surface area contributed by atoms with Gasteiger partial charge in [-0.25, -0.2) is 13.4 Å². The van der Waals surface area contributed by atoms with Crippen LogP contribution >= 0.6 is 11.3 Å². The number of aromatic nitrogens is 1. The summed E-state index contributed by atoms with van der Waals surface area (Å²) in [7, 11) is -3.85. The van der Waals surface area contributed by atoms with E-state index in [4.69, 9.17) is 0 Å². The molecule has 160 valence electrons. The van der Waals surface area contributed by atoms with E-state index in [1.807, 2.05) is 13.8 Å². The summed E-state index contributed by atoms with van der Waals surface area (Å²) in [5, 5.41) is 3.03. The van der Waals surface area contributed by atoms with E-state index in [0.29, 0.717) is 28.5 Å². The zero-order valence-corrected chi connectivity index (χ0v) is 18.6.